The van der Waals surface area contributed by atoms with Crippen molar-refractivity contribution in [3.05, 3.63) is 63.2 Å². The van der Waals surface area contributed by atoms with E-state index in [0.29, 0.717) is 5.56 Å². The predicted octanol–water partition coefficient (Wildman–Crippen LogP) is 3.81. The number of phenols is 1. The zero-order valence-corrected chi connectivity index (χ0v) is 15.1. The van der Waals surface area contributed by atoms with Crippen LogP contribution in [0.25, 0.3) is 0 Å². The van der Waals surface area contributed by atoms with Crippen molar-refractivity contribution in [3.63, 3.8) is 0 Å². The van der Waals surface area contributed by atoms with Gasteiger partial charge in [-0.2, -0.15) is 13.2 Å². The van der Waals surface area contributed by atoms with Crippen molar-refractivity contribution in [3.8, 4) is 5.75 Å². The lowest BCUT2D eigenvalue weighted by molar-refractivity contribution is -0.385. The summed E-state index contributed by atoms with van der Waals surface area (Å²) >= 11 is 0. The Labute approximate surface area is 162 Å². The molecule has 0 bridgehead atoms. The molecule has 0 aromatic heterocycles. The minimum Gasteiger partial charge on any atom is -0.507 e. The molecule has 0 spiro atoms. The van der Waals surface area contributed by atoms with Gasteiger partial charge < -0.3 is 15.2 Å². The molecule has 0 aliphatic rings. The number of aromatic hydroxyl groups is 1. The van der Waals surface area contributed by atoms with Crippen molar-refractivity contribution < 1.29 is 37.5 Å². The number of carbonyl (C=O) groups is 2. The number of esters is 1. The number of phenolic OH excluding ortho intramolecular Hbond substituents is 1. The summed E-state index contributed by atoms with van der Waals surface area (Å²) in [6.45, 7) is 2.78. The van der Waals surface area contributed by atoms with Gasteiger partial charge in [0.15, 0.2) is 6.10 Å². The molecule has 1 amide bonds. The highest BCUT2D eigenvalue weighted by molar-refractivity contribution is 5.98. The number of ether oxygens (including phenoxy) is 1. The number of benzene rings is 2. The van der Waals surface area contributed by atoms with Gasteiger partial charge >= 0.3 is 12.1 Å². The van der Waals surface area contributed by atoms with Crippen LogP contribution >= 0.6 is 0 Å². The van der Waals surface area contributed by atoms with Crippen molar-refractivity contribution in [2.45, 2.75) is 26.1 Å². The Bertz CT molecular complexity index is 975. The average molecular weight is 412 g/mol. The maximum Gasteiger partial charge on any atom is 0.418 e. The van der Waals surface area contributed by atoms with E-state index in [9.17, 15) is 38.0 Å². The quantitative estimate of drug-likeness (QED) is 0.438. The van der Waals surface area contributed by atoms with Crippen molar-refractivity contribution in [1.29, 1.82) is 0 Å². The number of hydrogen-bond acceptors (Lipinski definition) is 6. The molecule has 1 atom stereocenters. The van der Waals surface area contributed by atoms with E-state index in [-0.39, 0.29) is 17.4 Å². The van der Waals surface area contributed by atoms with Gasteiger partial charge in [-0.15, -0.1) is 0 Å². The van der Waals surface area contributed by atoms with Gasteiger partial charge in [-0.1, -0.05) is 11.6 Å². The molecule has 11 heteroatoms. The number of aryl methyl sites for hydroxylation is 1. The van der Waals surface area contributed by atoms with Crippen LogP contribution in [0.5, 0.6) is 5.75 Å². The van der Waals surface area contributed by atoms with Gasteiger partial charge in [0.1, 0.15) is 11.3 Å². The number of amides is 1. The number of rotatable bonds is 5. The molecular weight excluding hydrogens is 397 g/mol. The Balaban J connectivity index is 2.20. The first-order valence-corrected chi connectivity index (χ1v) is 8.07. The summed E-state index contributed by atoms with van der Waals surface area (Å²) in [6, 6.07) is 5.93. The van der Waals surface area contributed by atoms with E-state index in [0.717, 1.165) is 19.1 Å². The summed E-state index contributed by atoms with van der Waals surface area (Å²) < 4.78 is 44.4. The van der Waals surface area contributed by atoms with Crippen LogP contribution in [0.15, 0.2) is 36.4 Å². The van der Waals surface area contributed by atoms with Crippen molar-refractivity contribution in [2.24, 2.45) is 0 Å². The molecular formula is C18H15F3N2O6. The van der Waals surface area contributed by atoms with E-state index < -0.39 is 46.0 Å². The molecule has 0 aliphatic carbocycles. The fourth-order valence-corrected chi connectivity index (χ4v) is 2.31. The summed E-state index contributed by atoms with van der Waals surface area (Å²) in [6.07, 6.45) is -6.49. The Kier molecular flexibility index (Phi) is 6.10. The highest BCUT2D eigenvalue weighted by Gasteiger charge is 2.36. The molecule has 154 valence electrons. The highest BCUT2D eigenvalue weighted by Crippen LogP contribution is 2.37. The minimum absolute atomic E-state index is 0.212. The summed E-state index contributed by atoms with van der Waals surface area (Å²) in [5.41, 5.74) is -2.53. The molecule has 2 rings (SSSR count). The number of non-ortho nitro benzene ring substituents is 1. The van der Waals surface area contributed by atoms with E-state index in [1.54, 1.807) is 6.92 Å². The number of nitro benzene ring substituents is 1. The summed E-state index contributed by atoms with van der Waals surface area (Å²) in [7, 11) is 0. The first-order chi connectivity index (χ1) is 13.4. The second kappa shape index (κ2) is 8.17. The minimum atomic E-state index is -4.97. The first-order valence-electron chi connectivity index (χ1n) is 8.07. The number of nitrogens with zero attached hydrogens (tertiary/aromatic N) is 1. The van der Waals surface area contributed by atoms with Gasteiger partial charge in [0.05, 0.1) is 16.2 Å². The van der Waals surface area contributed by atoms with Crippen LogP contribution in [0, 0.1) is 17.0 Å². The van der Waals surface area contributed by atoms with E-state index in [2.05, 4.69) is 0 Å². The fourth-order valence-electron chi connectivity index (χ4n) is 2.31. The number of carbonyl (C=O) groups excluding carboxylic acids is 2. The monoisotopic (exact) mass is 412 g/mol. The van der Waals surface area contributed by atoms with E-state index >= 15 is 0 Å². The molecule has 8 nitrogen and oxygen atoms in total. The number of alkyl halides is 3. The second-order valence-electron chi connectivity index (χ2n) is 6.04. The Morgan fingerprint density at radius 3 is 2.45 bits per heavy atom. The van der Waals surface area contributed by atoms with Crippen LogP contribution in [0.4, 0.5) is 24.5 Å². The van der Waals surface area contributed by atoms with Crippen molar-refractivity contribution in [2.75, 3.05) is 5.32 Å². The maximum atomic E-state index is 13.2. The summed E-state index contributed by atoms with van der Waals surface area (Å²) in [5.74, 6) is -2.53. The highest BCUT2D eigenvalue weighted by atomic mass is 19.4. The molecule has 0 saturated carbocycles. The van der Waals surface area contributed by atoms with E-state index in [1.165, 1.54) is 18.2 Å². The van der Waals surface area contributed by atoms with Gasteiger partial charge in [0, 0.05) is 12.1 Å². The summed E-state index contributed by atoms with van der Waals surface area (Å²) in [4.78, 5) is 34.0. The van der Waals surface area contributed by atoms with Crippen LogP contribution in [-0.2, 0) is 15.7 Å². The molecule has 0 fully saturated rings. The zero-order valence-electron chi connectivity index (χ0n) is 15.1. The third kappa shape index (κ3) is 5.21. The average Bonchev–Trinajstić information content (AvgIpc) is 2.62. The predicted molar refractivity (Wildman–Crippen MR) is 94.4 cm³/mol. The molecule has 0 heterocycles. The SMILES string of the molecule is Cc1ccc(O)c(C(=O)OC(C)C(=O)Nc2ccc([N+](=O)[O-])cc2C(F)(F)F)c1. The largest absolute Gasteiger partial charge is 0.507 e. The number of nitrogens with one attached hydrogen (secondary N) is 1. The van der Waals surface area contributed by atoms with Crippen LogP contribution in [0.2, 0.25) is 0 Å². The Morgan fingerprint density at radius 1 is 1.21 bits per heavy atom. The lowest BCUT2D eigenvalue weighted by Crippen LogP contribution is -2.30. The Hall–Kier alpha value is -3.63. The third-order valence-electron chi connectivity index (χ3n) is 3.80. The van der Waals surface area contributed by atoms with E-state index in [1.807, 2.05) is 5.32 Å². The molecule has 0 aliphatic heterocycles. The number of halogens is 3. The summed E-state index contributed by atoms with van der Waals surface area (Å²) in [5, 5.41) is 22.4. The van der Waals surface area contributed by atoms with E-state index in [4.69, 9.17) is 4.74 Å². The standard InChI is InChI=1S/C18H15F3N2O6/c1-9-3-6-15(24)12(7-9)17(26)29-10(2)16(25)22-14-5-4-11(23(27)28)8-13(14)18(19,20)21/h3-8,10,24H,1-2H3,(H,22,25). The van der Waals surface area contributed by atoms with Gasteiger partial charge in [-0.3, -0.25) is 14.9 Å². The lowest BCUT2D eigenvalue weighted by atomic mass is 10.1. The normalized spacial score (nSPS) is 12.2. The van der Waals surface area contributed by atoms with Crippen LogP contribution < -0.4 is 5.32 Å². The molecule has 0 radical (unpaired) electrons. The zero-order chi connectivity index (χ0) is 21.9. The number of hydrogen-bond donors (Lipinski definition) is 2. The van der Waals surface area contributed by atoms with Crippen LogP contribution in [0.1, 0.15) is 28.4 Å². The van der Waals surface area contributed by atoms with Gasteiger partial charge in [-0.25, -0.2) is 4.79 Å². The van der Waals surface area contributed by atoms with Gasteiger partial charge in [0.25, 0.3) is 11.6 Å². The van der Waals surface area contributed by atoms with Gasteiger partial charge in [-0.05, 0) is 32.0 Å². The maximum absolute atomic E-state index is 13.2. The smallest absolute Gasteiger partial charge is 0.418 e. The van der Waals surface area contributed by atoms with Crippen molar-refractivity contribution >= 4 is 23.3 Å². The number of nitro groups is 1. The number of anilines is 1. The lowest BCUT2D eigenvalue weighted by Gasteiger charge is -2.17. The molecule has 29 heavy (non-hydrogen) atoms. The Morgan fingerprint density at radius 2 is 1.86 bits per heavy atom. The second-order valence-corrected chi connectivity index (χ2v) is 6.04. The topological polar surface area (TPSA) is 119 Å². The van der Waals surface area contributed by atoms with Crippen LogP contribution in [-0.4, -0.2) is 28.0 Å². The first kappa shape index (κ1) is 21.7. The van der Waals surface area contributed by atoms with Crippen LogP contribution in [0.3, 0.4) is 0 Å². The fraction of sp³-hybridized carbons (Fsp3) is 0.222. The van der Waals surface area contributed by atoms with Crippen molar-refractivity contribution in [1.82, 2.24) is 0 Å². The molecule has 2 aromatic rings. The molecule has 0 saturated heterocycles. The molecule has 2 aromatic carbocycles. The third-order valence-corrected chi connectivity index (χ3v) is 3.80. The van der Waals surface area contributed by atoms with Gasteiger partial charge in [0.2, 0.25) is 0 Å². The molecule has 2 N–H and O–H groups in total. The molecule has 1 unspecified atom stereocenters.